The van der Waals surface area contributed by atoms with Crippen LogP contribution >= 0.6 is 0 Å². The van der Waals surface area contributed by atoms with Crippen LogP contribution in [-0.4, -0.2) is 11.0 Å². The van der Waals surface area contributed by atoms with E-state index in [1.54, 1.807) is 0 Å². The van der Waals surface area contributed by atoms with Crippen molar-refractivity contribution in [2.45, 2.75) is 59.3 Å². The Balaban J connectivity index is 2.25. The lowest BCUT2D eigenvalue weighted by Crippen LogP contribution is -2.17. The lowest BCUT2D eigenvalue weighted by Gasteiger charge is -2.28. The molecule has 3 rings (SSSR count). The molecule has 142 valence electrons. The van der Waals surface area contributed by atoms with Crippen LogP contribution in [0.1, 0.15) is 69.4 Å². The smallest absolute Gasteiger partial charge is 0.256 e. The number of nitrogens with one attached hydrogen (secondary N) is 1. The van der Waals surface area contributed by atoms with Crippen LogP contribution in [0.4, 0.5) is 5.69 Å². The molecular formula is C24H29NO2. The summed E-state index contributed by atoms with van der Waals surface area (Å²) in [6, 6.07) is 9.90. The molecule has 0 fully saturated rings. The standard InChI is InChI=1S/C24H29NO2/c1-14-9-8-10-19-20(14)16(22(27)25-19)11-15-12-17(23(2,3)4)21(26)18(13-15)24(5,6)7/h8-13,26H,1-7H3,(H,25,27)/b16-11+. The molecule has 0 saturated heterocycles. The van der Waals surface area contributed by atoms with Gasteiger partial charge in [0.15, 0.2) is 0 Å². The summed E-state index contributed by atoms with van der Waals surface area (Å²) in [6.07, 6.45) is 1.94. The molecular weight excluding hydrogens is 334 g/mol. The number of anilines is 1. The van der Waals surface area contributed by atoms with Crippen LogP contribution in [0, 0.1) is 6.92 Å². The van der Waals surface area contributed by atoms with Crippen LogP contribution in [0.25, 0.3) is 11.6 Å². The van der Waals surface area contributed by atoms with Crippen LogP contribution < -0.4 is 5.32 Å². The molecule has 3 heteroatoms. The fourth-order valence-electron chi connectivity index (χ4n) is 3.62. The maximum absolute atomic E-state index is 12.6. The van der Waals surface area contributed by atoms with Crippen molar-refractivity contribution in [2.24, 2.45) is 0 Å². The number of benzene rings is 2. The number of hydrogen-bond acceptors (Lipinski definition) is 2. The van der Waals surface area contributed by atoms with E-state index in [1.165, 1.54) is 0 Å². The molecule has 1 amide bonds. The predicted molar refractivity (Wildman–Crippen MR) is 113 cm³/mol. The first-order valence-electron chi connectivity index (χ1n) is 9.40. The number of fused-ring (bicyclic) bond motifs is 1. The van der Waals surface area contributed by atoms with Gasteiger partial charge in [0.2, 0.25) is 0 Å². The molecule has 0 bridgehead atoms. The highest BCUT2D eigenvalue weighted by molar-refractivity contribution is 6.35. The predicted octanol–water partition coefficient (Wildman–Crippen LogP) is 5.79. The zero-order chi connectivity index (χ0) is 20.1. The summed E-state index contributed by atoms with van der Waals surface area (Å²) in [7, 11) is 0. The molecule has 0 aliphatic carbocycles. The van der Waals surface area contributed by atoms with Gasteiger partial charge in [-0.1, -0.05) is 53.7 Å². The van der Waals surface area contributed by atoms with Crippen molar-refractivity contribution in [1.82, 2.24) is 0 Å². The molecule has 27 heavy (non-hydrogen) atoms. The molecule has 1 aliphatic rings. The van der Waals surface area contributed by atoms with Crippen molar-refractivity contribution in [3.05, 3.63) is 58.1 Å². The Morgan fingerprint density at radius 1 is 0.963 bits per heavy atom. The highest BCUT2D eigenvalue weighted by Crippen LogP contribution is 2.41. The highest BCUT2D eigenvalue weighted by Gasteiger charge is 2.28. The highest BCUT2D eigenvalue weighted by atomic mass is 16.3. The zero-order valence-electron chi connectivity index (χ0n) is 17.3. The number of phenolic OH excluding ortho intramolecular Hbond substituents is 1. The van der Waals surface area contributed by atoms with E-state index in [2.05, 4.69) is 46.9 Å². The Bertz CT molecular complexity index is 918. The molecule has 0 atom stereocenters. The lowest BCUT2D eigenvalue weighted by atomic mass is 9.78. The van der Waals surface area contributed by atoms with Gasteiger partial charge in [-0.05, 0) is 53.2 Å². The first-order valence-corrected chi connectivity index (χ1v) is 9.40. The second kappa shape index (κ2) is 6.26. The Kier molecular flexibility index (Phi) is 4.46. The number of aryl methyl sites for hydroxylation is 1. The van der Waals surface area contributed by atoms with Gasteiger partial charge in [0, 0.05) is 28.0 Å². The van der Waals surface area contributed by atoms with E-state index < -0.39 is 0 Å². The molecule has 0 spiro atoms. The molecule has 0 aromatic heterocycles. The minimum atomic E-state index is -0.204. The van der Waals surface area contributed by atoms with Crippen LogP contribution in [0.2, 0.25) is 0 Å². The molecule has 0 saturated carbocycles. The third kappa shape index (κ3) is 3.51. The van der Waals surface area contributed by atoms with Crippen LogP contribution in [-0.2, 0) is 15.6 Å². The average Bonchev–Trinajstić information content (AvgIpc) is 2.83. The maximum Gasteiger partial charge on any atom is 0.256 e. The van der Waals surface area contributed by atoms with E-state index >= 15 is 0 Å². The molecule has 2 aromatic rings. The number of carbonyl (C=O) groups excluding carboxylic acids is 1. The van der Waals surface area contributed by atoms with E-state index in [9.17, 15) is 9.90 Å². The second-order valence-corrected chi connectivity index (χ2v) is 9.47. The van der Waals surface area contributed by atoms with Crippen LogP contribution in [0.15, 0.2) is 30.3 Å². The van der Waals surface area contributed by atoms with E-state index in [-0.39, 0.29) is 16.7 Å². The molecule has 3 nitrogen and oxygen atoms in total. The van der Waals surface area contributed by atoms with Gasteiger partial charge in [0.1, 0.15) is 5.75 Å². The van der Waals surface area contributed by atoms with Gasteiger partial charge < -0.3 is 10.4 Å². The Morgan fingerprint density at radius 3 is 2.04 bits per heavy atom. The van der Waals surface area contributed by atoms with Gasteiger partial charge in [-0.3, -0.25) is 4.79 Å². The van der Waals surface area contributed by atoms with E-state index in [1.807, 2.05) is 43.3 Å². The zero-order valence-corrected chi connectivity index (χ0v) is 17.3. The monoisotopic (exact) mass is 363 g/mol. The Hall–Kier alpha value is -2.55. The van der Waals surface area contributed by atoms with Gasteiger partial charge in [-0.25, -0.2) is 0 Å². The second-order valence-electron chi connectivity index (χ2n) is 9.47. The third-order valence-electron chi connectivity index (χ3n) is 5.09. The minimum absolute atomic E-state index is 0.0815. The van der Waals surface area contributed by atoms with E-state index in [0.717, 1.165) is 33.5 Å². The van der Waals surface area contributed by atoms with Crippen molar-refractivity contribution in [3.63, 3.8) is 0 Å². The summed E-state index contributed by atoms with van der Waals surface area (Å²) in [6.45, 7) is 14.6. The maximum atomic E-state index is 12.6. The first-order chi connectivity index (χ1) is 12.4. The minimum Gasteiger partial charge on any atom is -0.507 e. The van der Waals surface area contributed by atoms with Crippen molar-refractivity contribution in [3.8, 4) is 5.75 Å². The topological polar surface area (TPSA) is 49.3 Å². The van der Waals surface area contributed by atoms with Crippen LogP contribution in [0.3, 0.4) is 0 Å². The number of amides is 1. The van der Waals surface area contributed by atoms with Gasteiger partial charge in [-0.2, -0.15) is 0 Å². The fraction of sp³-hybridized carbons (Fsp3) is 0.375. The summed E-state index contributed by atoms with van der Waals surface area (Å²) in [5.41, 5.74) is 5.88. The molecule has 0 radical (unpaired) electrons. The number of aromatic hydroxyl groups is 1. The SMILES string of the molecule is Cc1cccc2c1/C(=C\c1cc(C(C)(C)C)c(O)c(C(C)(C)C)c1)C(=O)N2. The van der Waals surface area contributed by atoms with Gasteiger partial charge >= 0.3 is 0 Å². The van der Waals surface area contributed by atoms with Gasteiger partial charge in [-0.15, -0.1) is 0 Å². The van der Waals surface area contributed by atoms with Crippen molar-refractivity contribution >= 4 is 23.2 Å². The van der Waals surface area contributed by atoms with E-state index in [4.69, 9.17) is 0 Å². The summed E-state index contributed by atoms with van der Waals surface area (Å²) in [5.74, 6) is 0.270. The number of hydrogen-bond donors (Lipinski definition) is 2. The summed E-state index contributed by atoms with van der Waals surface area (Å²) < 4.78 is 0. The molecule has 2 aromatic carbocycles. The quantitative estimate of drug-likeness (QED) is 0.630. The Morgan fingerprint density at radius 2 is 1.52 bits per heavy atom. The summed E-state index contributed by atoms with van der Waals surface area (Å²) in [4.78, 5) is 12.6. The largest absolute Gasteiger partial charge is 0.507 e. The molecule has 1 aliphatic heterocycles. The van der Waals surface area contributed by atoms with Crippen LogP contribution in [0.5, 0.6) is 5.75 Å². The number of carbonyl (C=O) groups is 1. The van der Waals surface area contributed by atoms with Crippen molar-refractivity contribution < 1.29 is 9.90 Å². The average molecular weight is 364 g/mol. The van der Waals surface area contributed by atoms with Gasteiger partial charge in [0.05, 0.1) is 0 Å². The first kappa shape index (κ1) is 19.2. The molecule has 1 heterocycles. The number of rotatable bonds is 1. The normalized spacial score (nSPS) is 15.8. The van der Waals surface area contributed by atoms with Crippen molar-refractivity contribution in [2.75, 3.05) is 5.32 Å². The molecule has 0 unspecified atom stereocenters. The molecule has 2 N–H and O–H groups in total. The third-order valence-corrected chi connectivity index (χ3v) is 5.09. The summed E-state index contributed by atoms with van der Waals surface area (Å²) >= 11 is 0. The number of phenols is 1. The Labute approximate surface area is 162 Å². The summed E-state index contributed by atoms with van der Waals surface area (Å²) in [5, 5.41) is 13.9. The van der Waals surface area contributed by atoms with E-state index in [0.29, 0.717) is 11.3 Å². The fourth-order valence-corrected chi connectivity index (χ4v) is 3.62. The van der Waals surface area contributed by atoms with Crippen molar-refractivity contribution in [1.29, 1.82) is 0 Å². The lowest BCUT2D eigenvalue weighted by molar-refractivity contribution is -0.110. The van der Waals surface area contributed by atoms with Gasteiger partial charge in [0.25, 0.3) is 5.91 Å².